The van der Waals surface area contributed by atoms with Crippen LogP contribution in [0.5, 0.6) is 0 Å². The summed E-state index contributed by atoms with van der Waals surface area (Å²) in [6, 6.07) is 21.2. The molecule has 0 aliphatic carbocycles. The Morgan fingerprint density at radius 2 is 1.67 bits per heavy atom. The van der Waals surface area contributed by atoms with Crippen molar-refractivity contribution in [3.05, 3.63) is 84.7 Å². The minimum absolute atomic E-state index is 0.0801. The van der Waals surface area contributed by atoms with Crippen LogP contribution in [0.3, 0.4) is 0 Å². The number of anilines is 2. The van der Waals surface area contributed by atoms with Gasteiger partial charge in [-0.15, -0.1) is 5.10 Å². The van der Waals surface area contributed by atoms with Crippen molar-refractivity contribution in [1.82, 2.24) is 19.8 Å². The average Bonchev–Trinajstić information content (AvgIpc) is 3.19. The lowest BCUT2D eigenvalue weighted by Crippen LogP contribution is -2.05. The molecule has 0 saturated carbocycles. The van der Waals surface area contributed by atoms with Crippen LogP contribution in [0.1, 0.15) is 0 Å². The fourth-order valence-electron chi connectivity index (χ4n) is 3.23. The van der Waals surface area contributed by atoms with E-state index in [0.717, 1.165) is 0 Å². The second-order valence-corrected chi connectivity index (χ2v) is 8.42. The third-order valence-electron chi connectivity index (χ3n) is 4.62. The zero-order valence-electron chi connectivity index (χ0n) is 15.4. The Morgan fingerprint density at radius 1 is 0.900 bits per heavy atom. The molecule has 9 heteroatoms. The Hall–Kier alpha value is -3.85. The van der Waals surface area contributed by atoms with Gasteiger partial charge >= 0.3 is 0 Å². The highest BCUT2D eigenvalue weighted by atomic mass is 32.2. The van der Waals surface area contributed by atoms with Gasteiger partial charge in [-0.1, -0.05) is 41.6 Å². The number of sulfone groups is 1. The summed E-state index contributed by atoms with van der Waals surface area (Å²) < 4.78 is 41.3. The second kappa shape index (κ2) is 6.89. The molecule has 30 heavy (non-hydrogen) atoms. The van der Waals surface area contributed by atoms with Crippen molar-refractivity contribution < 1.29 is 12.8 Å². The highest BCUT2D eigenvalue weighted by Crippen LogP contribution is 2.29. The zero-order valence-corrected chi connectivity index (χ0v) is 16.2. The molecule has 0 bridgehead atoms. The largest absolute Gasteiger partial charge is 0.340 e. The van der Waals surface area contributed by atoms with Crippen molar-refractivity contribution in [2.45, 2.75) is 9.92 Å². The summed E-state index contributed by atoms with van der Waals surface area (Å²) >= 11 is 0. The standard InChI is InChI=1S/C21H14FN5O2S/c22-14-7-6-8-15(13-14)23-19-17-11-4-5-12-18(17)27-20(24-19)21(25-26-27)30(28,29)16-9-2-1-3-10-16/h1-13H,(H,23,24). The van der Waals surface area contributed by atoms with Crippen molar-refractivity contribution in [2.75, 3.05) is 5.32 Å². The first kappa shape index (κ1) is 18.2. The van der Waals surface area contributed by atoms with Gasteiger partial charge < -0.3 is 5.32 Å². The lowest BCUT2D eigenvalue weighted by atomic mass is 10.2. The summed E-state index contributed by atoms with van der Waals surface area (Å²) in [6.45, 7) is 0. The first-order chi connectivity index (χ1) is 14.5. The lowest BCUT2D eigenvalue weighted by molar-refractivity contribution is 0.592. The van der Waals surface area contributed by atoms with E-state index in [1.54, 1.807) is 42.5 Å². The number of aromatic nitrogens is 4. The summed E-state index contributed by atoms with van der Waals surface area (Å²) in [7, 11) is -3.93. The fourth-order valence-corrected chi connectivity index (χ4v) is 4.48. The minimum atomic E-state index is -3.93. The van der Waals surface area contributed by atoms with Gasteiger partial charge in [-0.2, -0.15) is 4.52 Å². The normalized spacial score (nSPS) is 11.8. The molecule has 0 unspecified atom stereocenters. The van der Waals surface area contributed by atoms with Gasteiger partial charge in [0, 0.05) is 11.1 Å². The molecule has 0 spiro atoms. The third-order valence-corrected chi connectivity index (χ3v) is 6.28. The van der Waals surface area contributed by atoms with E-state index >= 15 is 0 Å². The van der Waals surface area contributed by atoms with Gasteiger partial charge in [0.25, 0.3) is 0 Å². The minimum Gasteiger partial charge on any atom is -0.340 e. The molecule has 5 aromatic rings. The van der Waals surface area contributed by atoms with E-state index in [-0.39, 0.29) is 15.6 Å². The Balaban J connectivity index is 1.76. The first-order valence-corrected chi connectivity index (χ1v) is 10.5. The van der Waals surface area contributed by atoms with Crippen molar-refractivity contribution in [3.8, 4) is 0 Å². The number of rotatable bonds is 4. The maximum atomic E-state index is 13.6. The van der Waals surface area contributed by atoms with Crippen LogP contribution < -0.4 is 5.32 Å². The number of para-hydroxylation sites is 1. The molecule has 2 heterocycles. The highest BCUT2D eigenvalue weighted by Gasteiger charge is 2.27. The second-order valence-electron chi connectivity index (χ2n) is 6.56. The van der Waals surface area contributed by atoms with Crippen LogP contribution in [0.15, 0.2) is 88.8 Å². The zero-order chi connectivity index (χ0) is 20.7. The Kier molecular flexibility index (Phi) is 4.18. The van der Waals surface area contributed by atoms with Crippen molar-refractivity contribution in [3.63, 3.8) is 0 Å². The number of nitrogens with zero attached hydrogens (tertiary/aromatic N) is 4. The van der Waals surface area contributed by atoms with Gasteiger partial charge in [-0.3, -0.25) is 0 Å². The SMILES string of the molecule is O=S(=O)(c1ccccc1)c1nnn2c1nc(Nc1cccc(F)c1)c1ccccc12. The Morgan fingerprint density at radius 3 is 2.47 bits per heavy atom. The predicted octanol–water partition coefficient (Wildman–Crippen LogP) is 3.99. The quantitative estimate of drug-likeness (QED) is 0.474. The molecule has 0 aliphatic heterocycles. The van der Waals surface area contributed by atoms with Gasteiger partial charge in [0.05, 0.1) is 10.4 Å². The summed E-state index contributed by atoms with van der Waals surface area (Å²) in [6.07, 6.45) is 0. The van der Waals surface area contributed by atoms with E-state index in [4.69, 9.17) is 0 Å². The number of hydrogen-bond donors (Lipinski definition) is 1. The van der Waals surface area contributed by atoms with E-state index in [0.29, 0.717) is 22.4 Å². The van der Waals surface area contributed by atoms with Gasteiger partial charge in [0.2, 0.25) is 14.9 Å². The topological polar surface area (TPSA) is 89.2 Å². The number of fused-ring (bicyclic) bond motifs is 3. The third kappa shape index (κ3) is 2.96. The first-order valence-electron chi connectivity index (χ1n) is 9.01. The number of benzene rings is 3. The van der Waals surface area contributed by atoms with Crippen LogP contribution in [-0.4, -0.2) is 28.2 Å². The van der Waals surface area contributed by atoms with Crippen LogP contribution >= 0.6 is 0 Å². The van der Waals surface area contributed by atoms with E-state index in [1.807, 2.05) is 12.1 Å². The summed E-state index contributed by atoms with van der Waals surface area (Å²) in [5.74, 6) is -0.0285. The lowest BCUT2D eigenvalue weighted by Gasteiger charge is -2.10. The van der Waals surface area contributed by atoms with E-state index < -0.39 is 15.7 Å². The number of nitrogens with one attached hydrogen (secondary N) is 1. The van der Waals surface area contributed by atoms with Crippen LogP contribution in [0, 0.1) is 5.82 Å². The summed E-state index contributed by atoms with van der Waals surface area (Å²) in [4.78, 5) is 4.60. The van der Waals surface area contributed by atoms with Crippen molar-refractivity contribution >= 4 is 37.9 Å². The molecule has 0 radical (unpaired) electrons. The van der Waals surface area contributed by atoms with Crippen LogP contribution in [0.25, 0.3) is 16.6 Å². The monoisotopic (exact) mass is 419 g/mol. The number of hydrogen-bond acceptors (Lipinski definition) is 6. The molecule has 2 aromatic heterocycles. The maximum Gasteiger partial charge on any atom is 0.229 e. The Labute approximate surface area is 170 Å². The molecule has 0 fully saturated rings. The molecule has 3 aromatic carbocycles. The molecule has 0 aliphatic rings. The van der Waals surface area contributed by atoms with E-state index in [9.17, 15) is 12.8 Å². The van der Waals surface area contributed by atoms with E-state index in [2.05, 4.69) is 20.6 Å². The van der Waals surface area contributed by atoms with E-state index in [1.165, 1.54) is 28.8 Å². The van der Waals surface area contributed by atoms with Crippen LogP contribution in [0.2, 0.25) is 0 Å². The van der Waals surface area contributed by atoms with Crippen LogP contribution in [-0.2, 0) is 9.84 Å². The highest BCUT2D eigenvalue weighted by molar-refractivity contribution is 7.91. The van der Waals surface area contributed by atoms with Gasteiger partial charge in [-0.25, -0.2) is 17.8 Å². The fraction of sp³-hybridized carbons (Fsp3) is 0. The molecule has 0 amide bonds. The Bertz CT molecular complexity index is 1500. The molecular formula is C21H14FN5O2S. The van der Waals surface area contributed by atoms with Crippen molar-refractivity contribution in [2.24, 2.45) is 0 Å². The van der Waals surface area contributed by atoms with Crippen LogP contribution in [0.4, 0.5) is 15.9 Å². The predicted molar refractivity (Wildman–Crippen MR) is 110 cm³/mol. The van der Waals surface area contributed by atoms with Crippen molar-refractivity contribution in [1.29, 1.82) is 0 Å². The molecule has 0 atom stereocenters. The molecule has 0 saturated heterocycles. The summed E-state index contributed by atoms with van der Waals surface area (Å²) in [5, 5.41) is 11.5. The number of halogens is 1. The molecule has 148 valence electrons. The molecule has 7 nitrogen and oxygen atoms in total. The maximum absolute atomic E-state index is 13.6. The molecular weight excluding hydrogens is 405 g/mol. The summed E-state index contributed by atoms with van der Waals surface area (Å²) in [5.41, 5.74) is 1.18. The van der Waals surface area contributed by atoms with Gasteiger partial charge in [0.15, 0.2) is 5.65 Å². The molecule has 5 rings (SSSR count). The van der Waals surface area contributed by atoms with Gasteiger partial charge in [0.1, 0.15) is 11.6 Å². The molecule has 1 N–H and O–H groups in total. The van der Waals surface area contributed by atoms with Gasteiger partial charge in [-0.05, 0) is 42.5 Å². The average molecular weight is 419 g/mol. The smallest absolute Gasteiger partial charge is 0.229 e.